The zero-order valence-corrected chi connectivity index (χ0v) is 23.9. The maximum atomic E-state index is 6.34. The number of para-hydroxylation sites is 2. The second-order valence-electron chi connectivity index (χ2n) is 12.4. The van der Waals surface area contributed by atoms with Gasteiger partial charge in [-0.25, -0.2) is 0 Å². The highest BCUT2D eigenvalue weighted by atomic mass is 16.7. The molecule has 0 bridgehead atoms. The summed E-state index contributed by atoms with van der Waals surface area (Å²) in [7, 11) is -0.404. The van der Waals surface area contributed by atoms with E-state index in [1.807, 2.05) is 6.07 Å². The van der Waals surface area contributed by atoms with Crippen molar-refractivity contribution in [1.29, 1.82) is 0 Å². The highest BCUT2D eigenvalue weighted by molar-refractivity contribution is 6.62. The number of furan rings is 1. The minimum Gasteiger partial charge on any atom is -0.456 e. The molecule has 3 heterocycles. The number of rotatable bonds is 3. The van der Waals surface area contributed by atoms with Gasteiger partial charge in [0.15, 0.2) is 0 Å². The van der Waals surface area contributed by atoms with Gasteiger partial charge in [0.2, 0.25) is 0 Å². The first kappa shape index (κ1) is 24.7. The number of allylic oxidation sites excluding steroid dienone is 1. The Balaban J connectivity index is 1.23. The van der Waals surface area contributed by atoms with Gasteiger partial charge in [0.1, 0.15) is 11.2 Å². The van der Waals surface area contributed by atoms with E-state index >= 15 is 0 Å². The standard InChI is InChI=1S/C36H32BNO3/c1-35(2)36(3,4)41-37(40-35)25-16-19-34-30(22-25)29-21-24(15-18-33(29)39-34)23-14-17-32-28(20-23)27-12-8-9-13-31(27)38(32)26-10-6-5-7-11-26/h5-13,15-16,18-22H,14,17H2,1-4H3. The van der Waals surface area contributed by atoms with Gasteiger partial charge in [0.25, 0.3) is 0 Å². The number of benzene rings is 4. The first-order chi connectivity index (χ1) is 19.8. The summed E-state index contributed by atoms with van der Waals surface area (Å²) in [6, 6.07) is 32.3. The van der Waals surface area contributed by atoms with Crippen LogP contribution < -0.4 is 5.46 Å². The molecule has 1 fully saturated rings. The van der Waals surface area contributed by atoms with Gasteiger partial charge in [0.05, 0.1) is 16.7 Å². The molecule has 6 aromatic rings. The topological polar surface area (TPSA) is 36.5 Å². The van der Waals surface area contributed by atoms with Crippen LogP contribution in [0.4, 0.5) is 0 Å². The Kier molecular flexibility index (Phi) is 5.26. The number of hydrogen-bond donors (Lipinski definition) is 0. The molecule has 0 radical (unpaired) electrons. The van der Waals surface area contributed by atoms with Crippen molar-refractivity contribution in [3.05, 3.63) is 108 Å². The number of nitrogens with zero attached hydrogens (tertiary/aromatic N) is 1. The fourth-order valence-electron chi connectivity index (χ4n) is 6.44. The minimum absolute atomic E-state index is 0.381. The van der Waals surface area contributed by atoms with Crippen LogP contribution >= 0.6 is 0 Å². The lowest BCUT2D eigenvalue weighted by Crippen LogP contribution is -2.41. The molecule has 0 N–H and O–H groups in total. The Labute approximate surface area is 240 Å². The van der Waals surface area contributed by atoms with Gasteiger partial charge in [-0.3, -0.25) is 0 Å². The predicted octanol–water partition coefficient (Wildman–Crippen LogP) is 8.32. The Morgan fingerprint density at radius 3 is 2.15 bits per heavy atom. The summed E-state index contributed by atoms with van der Waals surface area (Å²) in [5.74, 6) is 0. The molecule has 8 rings (SSSR count). The molecular formula is C36H32BNO3. The fraction of sp³-hybridized carbons (Fsp3) is 0.222. The van der Waals surface area contributed by atoms with E-state index in [1.54, 1.807) is 0 Å². The molecule has 4 aromatic carbocycles. The van der Waals surface area contributed by atoms with Crippen molar-refractivity contribution in [3.8, 4) is 5.69 Å². The van der Waals surface area contributed by atoms with E-state index in [2.05, 4.69) is 123 Å². The van der Waals surface area contributed by atoms with Crippen molar-refractivity contribution < 1.29 is 13.7 Å². The van der Waals surface area contributed by atoms with Crippen LogP contribution in [0.5, 0.6) is 0 Å². The van der Waals surface area contributed by atoms with E-state index in [0.29, 0.717) is 0 Å². The summed E-state index contributed by atoms with van der Waals surface area (Å²) in [4.78, 5) is 0. The number of hydrogen-bond acceptors (Lipinski definition) is 3. The molecule has 41 heavy (non-hydrogen) atoms. The van der Waals surface area contributed by atoms with Crippen LogP contribution in [0.1, 0.15) is 50.9 Å². The van der Waals surface area contributed by atoms with Gasteiger partial charge in [-0.05, 0) is 99.6 Å². The van der Waals surface area contributed by atoms with Gasteiger partial charge in [0, 0.05) is 33.1 Å². The number of fused-ring (bicyclic) bond motifs is 6. The van der Waals surface area contributed by atoms with Crippen LogP contribution in [-0.4, -0.2) is 22.9 Å². The van der Waals surface area contributed by atoms with E-state index in [0.717, 1.165) is 40.2 Å². The van der Waals surface area contributed by atoms with Gasteiger partial charge in [-0.1, -0.05) is 54.6 Å². The van der Waals surface area contributed by atoms with Crippen LogP contribution in [-0.2, 0) is 15.7 Å². The summed E-state index contributed by atoms with van der Waals surface area (Å²) in [5, 5.41) is 3.51. The Morgan fingerprint density at radius 1 is 0.683 bits per heavy atom. The molecule has 1 aliphatic carbocycles. The first-order valence-electron chi connectivity index (χ1n) is 14.5. The average Bonchev–Trinajstić information content (AvgIpc) is 3.58. The second kappa shape index (κ2) is 8.72. The van der Waals surface area contributed by atoms with E-state index in [4.69, 9.17) is 13.7 Å². The third-order valence-corrected chi connectivity index (χ3v) is 9.37. The molecule has 202 valence electrons. The third-order valence-electron chi connectivity index (χ3n) is 9.37. The molecule has 2 aliphatic rings. The molecule has 5 heteroatoms. The molecule has 1 saturated heterocycles. The maximum absolute atomic E-state index is 6.34. The molecule has 0 saturated carbocycles. The minimum atomic E-state index is -0.404. The van der Waals surface area contributed by atoms with Crippen LogP contribution in [0, 0.1) is 0 Å². The summed E-state index contributed by atoms with van der Waals surface area (Å²) in [6.07, 6.45) is 4.37. The van der Waals surface area contributed by atoms with Crippen molar-refractivity contribution in [2.45, 2.75) is 51.7 Å². The van der Waals surface area contributed by atoms with Crippen molar-refractivity contribution in [1.82, 2.24) is 4.57 Å². The van der Waals surface area contributed by atoms with E-state index in [-0.39, 0.29) is 11.2 Å². The molecular weight excluding hydrogens is 505 g/mol. The zero-order valence-electron chi connectivity index (χ0n) is 23.9. The lowest BCUT2D eigenvalue weighted by molar-refractivity contribution is 0.00578. The van der Waals surface area contributed by atoms with Gasteiger partial charge in [-0.15, -0.1) is 0 Å². The van der Waals surface area contributed by atoms with Gasteiger partial charge >= 0.3 is 7.12 Å². The summed E-state index contributed by atoms with van der Waals surface area (Å²) in [5.41, 5.74) is 9.79. The molecule has 1 aliphatic heterocycles. The molecule has 0 spiro atoms. The van der Waals surface area contributed by atoms with Crippen molar-refractivity contribution >= 4 is 57.1 Å². The van der Waals surface area contributed by atoms with Crippen molar-refractivity contribution in [3.63, 3.8) is 0 Å². The van der Waals surface area contributed by atoms with Gasteiger partial charge < -0.3 is 18.3 Å². The van der Waals surface area contributed by atoms with Crippen LogP contribution in [0.25, 0.3) is 50.2 Å². The van der Waals surface area contributed by atoms with Crippen LogP contribution in [0.2, 0.25) is 0 Å². The number of aromatic nitrogens is 1. The lowest BCUT2D eigenvalue weighted by atomic mass is 9.78. The third kappa shape index (κ3) is 3.76. The Hall–Kier alpha value is -4.06. The molecule has 4 nitrogen and oxygen atoms in total. The van der Waals surface area contributed by atoms with Crippen LogP contribution in [0.3, 0.4) is 0 Å². The summed E-state index contributed by atoms with van der Waals surface area (Å²) < 4.78 is 21.4. The van der Waals surface area contributed by atoms with E-state index in [9.17, 15) is 0 Å². The fourth-order valence-corrected chi connectivity index (χ4v) is 6.44. The summed E-state index contributed by atoms with van der Waals surface area (Å²) >= 11 is 0. The molecule has 0 atom stereocenters. The molecule has 2 aromatic heterocycles. The maximum Gasteiger partial charge on any atom is 0.494 e. The highest BCUT2D eigenvalue weighted by Gasteiger charge is 2.51. The smallest absolute Gasteiger partial charge is 0.456 e. The van der Waals surface area contributed by atoms with Crippen molar-refractivity contribution in [2.24, 2.45) is 0 Å². The van der Waals surface area contributed by atoms with Crippen molar-refractivity contribution in [2.75, 3.05) is 0 Å². The second-order valence-corrected chi connectivity index (χ2v) is 12.4. The highest BCUT2D eigenvalue weighted by Crippen LogP contribution is 2.40. The van der Waals surface area contributed by atoms with Gasteiger partial charge in [-0.2, -0.15) is 0 Å². The van der Waals surface area contributed by atoms with E-state index in [1.165, 1.54) is 39.0 Å². The first-order valence-corrected chi connectivity index (χ1v) is 14.5. The largest absolute Gasteiger partial charge is 0.494 e. The predicted molar refractivity (Wildman–Crippen MR) is 169 cm³/mol. The Bertz CT molecular complexity index is 2000. The summed E-state index contributed by atoms with van der Waals surface area (Å²) in [6.45, 7) is 8.36. The zero-order chi connectivity index (χ0) is 27.9. The lowest BCUT2D eigenvalue weighted by Gasteiger charge is -2.32. The quantitative estimate of drug-likeness (QED) is 0.213. The van der Waals surface area contributed by atoms with Crippen LogP contribution in [0.15, 0.2) is 95.4 Å². The normalized spacial score (nSPS) is 17.9. The Morgan fingerprint density at radius 2 is 1.37 bits per heavy atom. The molecule has 0 unspecified atom stereocenters. The SMILES string of the molecule is CC1(C)OB(c2ccc3oc4ccc(C5=Cc6c(n(-c7ccccc7)c7ccccc67)CC5)cc4c3c2)OC1(C)C. The average molecular weight is 537 g/mol. The van der Waals surface area contributed by atoms with E-state index < -0.39 is 7.12 Å². The molecule has 0 amide bonds. The monoisotopic (exact) mass is 537 g/mol.